The van der Waals surface area contributed by atoms with E-state index in [1.165, 1.54) is 5.56 Å². The molecule has 5 aliphatic heterocycles. The zero-order chi connectivity index (χ0) is 25.5. The summed E-state index contributed by atoms with van der Waals surface area (Å²) in [5, 5.41) is 3.46. The first-order valence-electron chi connectivity index (χ1n) is 13.5. The third kappa shape index (κ3) is 7.19. The molecule has 1 saturated heterocycles. The molecule has 0 spiro atoms. The van der Waals surface area contributed by atoms with Crippen LogP contribution in [-0.4, -0.2) is 81.2 Å². The topological polar surface area (TPSA) is 77.5 Å². The minimum atomic E-state index is 0.345. The molecule has 3 aromatic rings. The fourth-order valence-corrected chi connectivity index (χ4v) is 5.14. The largest absolute Gasteiger partial charge is 0.340 e. The van der Waals surface area contributed by atoms with E-state index in [1.807, 2.05) is 30.7 Å². The molecule has 5 aliphatic rings. The van der Waals surface area contributed by atoms with Gasteiger partial charge < -0.3 is 5.32 Å². The quantitative estimate of drug-likeness (QED) is 0.568. The fourth-order valence-electron chi connectivity index (χ4n) is 5.14. The smallest absolute Gasteiger partial charge is 0.146 e. The van der Waals surface area contributed by atoms with Gasteiger partial charge in [0.25, 0.3) is 0 Å². The van der Waals surface area contributed by atoms with Gasteiger partial charge in [-0.25, -0.2) is 15.0 Å². The number of nitrogens with zero attached hydrogens (tertiary/aromatic N) is 6. The number of carbonyl (C=O) groups is 1. The van der Waals surface area contributed by atoms with E-state index in [0.29, 0.717) is 25.3 Å². The van der Waals surface area contributed by atoms with Gasteiger partial charge in [-0.05, 0) is 61.3 Å². The van der Waals surface area contributed by atoms with Crippen LogP contribution in [0.3, 0.4) is 0 Å². The Hall–Kier alpha value is -3.20. The minimum absolute atomic E-state index is 0.345. The lowest BCUT2D eigenvalue weighted by Crippen LogP contribution is -2.47. The van der Waals surface area contributed by atoms with Gasteiger partial charge in [0.1, 0.15) is 17.4 Å². The number of piperazine rings is 1. The minimum Gasteiger partial charge on any atom is -0.340 e. The Morgan fingerprint density at radius 3 is 2.43 bits per heavy atom. The average molecular weight is 500 g/mol. The van der Waals surface area contributed by atoms with Crippen LogP contribution in [0, 0.1) is 0 Å². The number of hydrogen-bond acceptors (Lipinski definition) is 8. The zero-order valence-corrected chi connectivity index (χ0v) is 21.8. The van der Waals surface area contributed by atoms with Gasteiger partial charge in [0.05, 0.1) is 13.1 Å². The Balaban J connectivity index is 1.37. The van der Waals surface area contributed by atoms with Crippen LogP contribution < -0.4 is 5.32 Å². The number of aromatic nitrogens is 3. The molecular weight excluding hydrogens is 462 g/mol. The Bertz CT molecular complexity index is 1170. The van der Waals surface area contributed by atoms with Gasteiger partial charge in [-0.2, -0.15) is 0 Å². The Labute approximate surface area is 219 Å². The molecule has 2 aromatic heterocycles. The second-order valence-corrected chi connectivity index (χ2v) is 10.1. The van der Waals surface area contributed by atoms with Gasteiger partial charge in [0.15, 0.2) is 0 Å². The molecular formula is C29H37N7O. The molecule has 0 atom stereocenters. The van der Waals surface area contributed by atoms with Crippen molar-refractivity contribution < 1.29 is 4.79 Å². The highest BCUT2D eigenvalue weighted by molar-refractivity contribution is 5.80. The molecule has 0 unspecified atom stereocenters. The van der Waals surface area contributed by atoms with Gasteiger partial charge in [0.2, 0.25) is 0 Å². The van der Waals surface area contributed by atoms with E-state index >= 15 is 0 Å². The normalized spacial score (nSPS) is 21.5. The van der Waals surface area contributed by atoms with Crippen LogP contribution in [0.25, 0.3) is 11.1 Å². The monoisotopic (exact) mass is 499 g/mol. The number of rotatable bonds is 2. The van der Waals surface area contributed by atoms with Crippen LogP contribution in [0.1, 0.15) is 37.6 Å². The first kappa shape index (κ1) is 25.4. The van der Waals surface area contributed by atoms with Crippen molar-refractivity contribution in [2.75, 3.05) is 51.1 Å². The summed E-state index contributed by atoms with van der Waals surface area (Å²) < 4.78 is 0. The maximum absolute atomic E-state index is 12.7. The van der Waals surface area contributed by atoms with Gasteiger partial charge >= 0.3 is 0 Å². The van der Waals surface area contributed by atoms with Crippen molar-refractivity contribution in [1.82, 2.24) is 29.7 Å². The highest BCUT2D eigenvalue weighted by Gasteiger charge is 2.19. The Kier molecular flexibility index (Phi) is 8.50. The summed E-state index contributed by atoms with van der Waals surface area (Å²) in [5.74, 6) is 1.95. The summed E-state index contributed by atoms with van der Waals surface area (Å²) in [6.07, 6.45) is 8.17. The van der Waals surface area contributed by atoms with Crippen LogP contribution in [0.2, 0.25) is 0 Å². The van der Waals surface area contributed by atoms with Crippen LogP contribution in [-0.2, 0) is 17.9 Å². The number of benzene rings is 1. The third-order valence-electron chi connectivity index (χ3n) is 7.10. The highest BCUT2D eigenvalue weighted by Crippen LogP contribution is 2.23. The summed E-state index contributed by atoms with van der Waals surface area (Å²) in [6.45, 7) is 10.1. The fraction of sp³-hybridized carbons (Fsp3) is 0.448. The van der Waals surface area contributed by atoms with Crippen LogP contribution in [0.4, 0.5) is 11.5 Å². The van der Waals surface area contributed by atoms with E-state index in [9.17, 15) is 4.79 Å². The SMILES string of the molecule is CCCN1CCCC(=O)CN2CCN(CC2)Cc2cccc(c2)Nc2cc(ccn2)-c2cnc(nc2)C1. The molecule has 0 amide bonds. The maximum Gasteiger partial charge on any atom is 0.146 e. The van der Waals surface area contributed by atoms with E-state index in [-0.39, 0.29) is 0 Å². The first-order chi connectivity index (χ1) is 18.1. The molecule has 7 heterocycles. The van der Waals surface area contributed by atoms with Gasteiger partial charge in [-0.15, -0.1) is 0 Å². The van der Waals surface area contributed by atoms with Crippen molar-refractivity contribution in [2.45, 2.75) is 39.3 Å². The summed E-state index contributed by atoms with van der Waals surface area (Å²) >= 11 is 0. The molecule has 8 rings (SSSR count). The molecule has 8 nitrogen and oxygen atoms in total. The number of nitrogens with one attached hydrogen (secondary N) is 1. The van der Waals surface area contributed by atoms with Gasteiger partial charge in [-0.1, -0.05) is 19.1 Å². The van der Waals surface area contributed by atoms with Crippen LogP contribution in [0.5, 0.6) is 0 Å². The lowest BCUT2D eigenvalue weighted by atomic mass is 10.1. The van der Waals surface area contributed by atoms with Crippen molar-refractivity contribution in [3.8, 4) is 11.1 Å². The zero-order valence-electron chi connectivity index (χ0n) is 21.8. The van der Waals surface area contributed by atoms with Gasteiger partial charge in [-0.3, -0.25) is 19.5 Å². The van der Waals surface area contributed by atoms with E-state index in [0.717, 1.165) is 87.1 Å². The number of carbonyl (C=O) groups excluding carboxylic acids is 1. The van der Waals surface area contributed by atoms with E-state index in [1.54, 1.807) is 0 Å². The van der Waals surface area contributed by atoms with Crippen molar-refractivity contribution in [3.05, 3.63) is 66.4 Å². The van der Waals surface area contributed by atoms with E-state index < -0.39 is 0 Å². The predicted octanol–water partition coefficient (Wildman–Crippen LogP) is 3.97. The average Bonchev–Trinajstić information content (AvgIpc) is 2.90. The second kappa shape index (κ2) is 12.4. The first-order valence-corrected chi connectivity index (χ1v) is 13.5. The Morgan fingerprint density at radius 2 is 1.65 bits per heavy atom. The predicted molar refractivity (Wildman–Crippen MR) is 147 cm³/mol. The molecule has 194 valence electrons. The third-order valence-corrected chi connectivity index (χ3v) is 7.10. The number of hydrogen-bond donors (Lipinski definition) is 1. The molecule has 1 fully saturated rings. The number of Topliss-reactive ketones (excluding diaryl/α,β-unsaturated/α-hetero) is 1. The van der Waals surface area contributed by atoms with Crippen LogP contribution >= 0.6 is 0 Å². The van der Waals surface area contributed by atoms with E-state index in [2.05, 4.69) is 66.2 Å². The molecule has 1 N–H and O–H groups in total. The lowest BCUT2D eigenvalue weighted by Gasteiger charge is -2.34. The Morgan fingerprint density at radius 1 is 0.865 bits per heavy atom. The molecule has 37 heavy (non-hydrogen) atoms. The summed E-state index contributed by atoms with van der Waals surface area (Å²) in [5.41, 5.74) is 4.28. The molecule has 8 bridgehead atoms. The summed E-state index contributed by atoms with van der Waals surface area (Å²) in [4.78, 5) is 33.7. The maximum atomic E-state index is 12.7. The number of ketones is 1. The molecule has 0 radical (unpaired) electrons. The summed E-state index contributed by atoms with van der Waals surface area (Å²) in [7, 11) is 0. The standard InChI is InChI=1S/C29H37N7O/c1-2-10-34-11-4-7-27(37)21-36-14-12-35(13-15-36)20-23-5-3-6-26(16-23)33-28-17-24(8-9-30-28)25-18-31-29(22-34)32-19-25/h3,5-6,8-9,16-19H,2,4,7,10-15,20-22H2,1H3,(H,30,33). The molecule has 0 aliphatic carbocycles. The molecule has 0 saturated carbocycles. The summed E-state index contributed by atoms with van der Waals surface area (Å²) in [6, 6.07) is 12.6. The van der Waals surface area contributed by atoms with Crippen molar-refractivity contribution in [2.24, 2.45) is 0 Å². The van der Waals surface area contributed by atoms with E-state index in [4.69, 9.17) is 0 Å². The number of pyridine rings is 1. The second-order valence-electron chi connectivity index (χ2n) is 10.1. The van der Waals surface area contributed by atoms with Crippen LogP contribution in [0.15, 0.2) is 55.0 Å². The molecule has 8 heteroatoms. The van der Waals surface area contributed by atoms with Gasteiger partial charge in [0, 0.05) is 69.0 Å². The van der Waals surface area contributed by atoms with Crippen molar-refractivity contribution >= 4 is 17.3 Å². The molecule has 1 aromatic carbocycles. The van der Waals surface area contributed by atoms with Crippen molar-refractivity contribution in [3.63, 3.8) is 0 Å². The van der Waals surface area contributed by atoms with Crippen molar-refractivity contribution in [1.29, 1.82) is 0 Å². The highest BCUT2D eigenvalue weighted by atomic mass is 16.1. The number of anilines is 2. The lowest BCUT2D eigenvalue weighted by molar-refractivity contribution is -0.120.